The van der Waals surface area contributed by atoms with Gasteiger partial charge in [-0.25, -0.2) is 9.78 Å². The summed E-state index contributed by atoms with van der Waals surface area (Å²) in [6.45, 7) is 5.89. The Labute approximate surface area is 118 Å². The molecule has 0 spiro atoms. The quantitative estimate of drug-likeness (QED) is 0.804. The van der Waals surface area contributed by atoms with Crippen molar-refractivity contribution in [3.63, 3.8) is 0 Å². The Hall–Kier alpha value is -2.17. The molecule has 0 saturated carbocycles. The molecule has 0 N–H and O–H groups in total. The lowest BCUT2D eigenvalue weighted by Crippen LogP contribution is -2.19. The van der Waals surface area contributed by atoms with E-state index in [4.69, 9.17) is 4.74 Å². The van der Waals surface area contributed by atoms with E-state index in [0.29, 0.717) is 5.56 Å². The second-order valence-corrected chi connectivity index (χ2v) is 5.22. The van der Waals surface area contributed by atoms with E-state index in [-0.39, 0.29) is 18.0 Å². The van der Waals surface area contributed by atoms with Gasteiger partial charge in [0, 0.05) is 31.8 Å². The molecule has 0 radical (unpaired) electrons. The lowest BCUT2D eigenvalue weighted by atomic mass is 10.1. The molecule has 0 unspecified atom stereocenters. The third kappa shape index (κ3) is 3.04. The zero-order valence-electron chi connectivity index (χ0n) is 12.2. The molecule has 20 heavy (non-hydrogen) atoms. The highest BCUT2D eigenvalue weighted by Crippen LogP contribution is 2.25. The number of aryl methyl sites for hydroxylation is 2. The van der Waals surface area contributed by atoms with Crippen molar-refractivity contribution < 1.29 is 9.53 Å². The summed E-state index contributed by atoms with van der Waals surface area (Å²) in [5.74, 6) is 0.509. The van der Waals surface area contributed by atoms with Crippen LogP contribution in [0, 0.1) is 12.8 Å². The summed E-state index contributed by atoms with van der Waals surface area (Å²) < 4.78 is 7.48. The van der Waals surface area contributed by atoms with Gasteiger partial charge in [-0.3, -0.25) is 4.98 Å². The van der Waals surface area contributed by atoms with E-state index in [1.54, 1.807) is 18.5 Å². The first-order chi connectivity index (χ1) is 9.49. The van der Waals surface area contributed by atoms with Crippen molar-refractivity contribution in [1.82, 2.24) is 14.5 Å². The number of carbonyl (C=O) groups is 1. The molecule has 2 heterocycles. The Morgan fingerprint density at radius 2 is 2.10 bits per heavy atom. The van der Waals surface area contributed by atoms with E-state index >= 15 is 0 Å². The van der Waals surface area contributed by atoms with Crippen molar-refractivity contribution in [2.75, 3.05) is 0 Å². The van der Waals surface area contributed by atoms with E-state index < -0.39 is 0 Å². The fourth-order valence-electron chi connectivity index (χ4n) is 1.99. The van der Waals surface area contributed by atoms with Crippen molar-refractivity contribution in [3.8, 4) is 0 Å². The number of ether oxygens (including phenoxy) is 1. The molecule has 2 aromatic heterocycles. The molecule has 5 heteroatoms. The molecule has 0 amide bonds. The van der Waals surface area contributed by atoms with Crippen molar-refractivity contribution in [2.24, 2.45) is 13.0 Å². The molecule has 0 aliphatic rings. The van der Waals surface area contributed by atoms with E-state index in [0.717, 1.165) is 11.4 Å². The highest BCUT2D eigenvalue weighted by Gasteiger charge is 2.25. The molecule has 0 aromatic carbocycles. The van der Waals surface area contributed by atoms with Gasteiger partial charge < -0.3 is 9.30 Å². The SMILES string of the molecule is Cc1cncc(C(=O)O[C@@H](c2nccn2C)C(C)C)c1. The number of hydrogen-bond donors (Lipinski definition) is 0. The minimum atomic E-state index is -0.372. The Morgan fingerprint density at radius 1 is 1.35 bits per heavy atom. The number of rotatable bonds is 4. The summed E-state index contributed by atoms with van der Waals surface area (Å²) in [5, 5.41) is 0. The van der Waals surface area contributed by atoms with Crippen LogP contribution in [0.25, 0.3) is 0 Å². The maximum atomic E-state index is 12.2. The summed E-state index contributed by atoms with van der Waals surface area (Å²) in [7, 11) is 1.89. The topological polar surface area (TPSA) is 57.0 Å². The van der Waals surface area contributed by atoms with Crippen molar-refractivity contribution >= 4 is 5.97 Å². The molecule has 2 aromatic rings. The van der Waals surface area contributed by atoms with E-state index in [1.807, 2.05) is 38.6 Å². The van der Waals surface area contributed by atoms with Gasteiger partial charge in [-0.1, -0.05) is 13.8 Å². The van der Waals surface area contributed by atoms with Crippen LogP contribution in [0.1, 0.15) is 41.7 Å². The number of carbonyl (C=O) groups excluding carboxylic acids is 1. The van der Waals surface area contributed by atoms with Crippen molar-refractivity contribution in [2.45, 2.75) is 26.9 Å². The van der Waals surface area contributed by atoms with Gasteiger partial charge in [-0.15, -0.1) is 0 Å². The van der Waals surface area contributed by atoms with Crippen LogP contribution in [0.3, 0.4) is 0 Å². The molecule has 0 fully saturated rings. The van der Waals surface area contributed by atoms with Gasteiger partial charge in [0.05, 0.1) is 5.56 Å². The predicted molar refractivity (Wildman–Crippen MR) is 75.2 cm³/mol. The molecule has 0 aliphatic heterocycles. The average Bonchev–Trinajstić information content (AvgIpc) is 2.81. The summed E-state index contributed by atoms with van der Waals surface area (Å²) in [5.41, 5.74) is 1.39. The normalized spacial score (nSPS) is 12.4. The van der Waals surface area contributed by atoms with Gasteiger partial charge in [-0.05, 0) is 24.5 Å². The van der Waals surface area contributed by atoms with Crippen molar-refractivity contribution in [1.29, 1.82) is 0 Å². The monoisotopic (exact) mass is 273 g/mol. The number of nitrogens with zero attached hydrogens (tertiary/aromatic N) is 3. The number of pyridine rings is 1. The fourth-order valence-corrected chi connectivity index (χ4v) is 1.99. The van der Waals surface area contributed by atoms with Gasteiger partial charge in [0.2, 0.25) is 0 Å². The fraction of sp³-hybridized carbons (Fsp3) is 0.400. The van der Waals surface area contributed by atoms with Crippen LogP contribution in [0.2, 0.25) is 0 Å². The van der Waals surface area contributed by atoms with E-state index in [9.17, 15) is 4.79 Å². The number of esters is 1. The van der Waals surface area contributed by atoms with Crippen molar-refractivity contribution in [3.05, 3.63) is 47.8 Å². The van der Waals surface area contributed by atoms with Gasteiger partial charge in [0.1, 0.15) is 5.82 Å². The Balaban J connectivity index is 2.21. The third-order valence-electron chi connectivity index (χ3n) is 3.06. The average molecular weight is 273 g/mol. The Bertz CT molecular complexity index is 605. The van der Waals surface area contributed by atoms with Crippen LogP contribution in [-0.2, 0) is 11.8 Å². The maximum absolute atomic E-state index is 12.2. The zero-order valence-corrected chi connectivity index (χ0v) is 12.2. The Kier molecular flexibility index (Phi) is 4.17. The first kappa shape index (κ1) is 14.2. The van der Waals surface area contributed by atoms with Crippen LogP contribution in [0.4, 0.5) is 0 Å². The van der Waals surface area contributed by atoms with E-state index in [1.165, 1.54) is 6.20 Å². The highest BCUT2D eigenvalue weighted by atomic mass is 16.5. The highest BCUT2D eigenvalue weighted by molar-refractivity contribution is 5.89. The summed E-state index contributed by atoms with van der Waals surface area (Å²) >= 11 is 0. The smallest absolute Gasteiger partial charge is 0.340 e. The lowest BCUT2D eigenvalue weighted by molar-refractivity contribution is 0.0141. The van der Waals surface area contributed by atoms with Crippen LogP contribution >= 0.6 is 0 Å². The van der Waals surface area contributed by atoms with Crippen LogP contribution in [-0.4, -0.2) is 20.5 Å². The number of hydrogen-bond acceptors (Lipinski definition) is 4. The molecule has 0 aliphatic carbocycles. The minimum absolute atomic E-state index is 0.137. The second kappa shape index (κ2) is 5.86. The van der Waals surface area contributed by atoms with Gasteiger partial charge in [-0.2, -0.15) is 0 Å². The van der Waals surface area contributed by atoms with E-state index in [2.05, 4.69) is 9.97 Å². The largest absolute Gasteiger partial charge is 0.450 e. The standard InChI is InChI=1S/C15H19N3O2/c1-10(2)13(14-17-5-6-18(14)4)20-15(19)12-7-11(3)8-16-9-12/h5-10,13H,1-4H3/t13-/m1/s1. The zero-order chi connectivity index (χ0) is 14.7. The van der Waals surface area contributed by atoms with Crippen LogP contribution in [0.15, 0.2) is 30.9 Å². The first-order valence-electron chi connectivity index (χ1n) is 6.59. The van der Waals surface area contributed by atoms with Gasteiger partial charge in [0.15, 0.2) is 6.10 Å². The van der Waals surface area contributed by atoms with Gasteiger partial charge in [0.25, 0.3) is 0 Å². The molecule has 0 saturated heterocycles. The first-order valence-corrected chi connectivity index (χ1v) is 6.59. The molecule has 5 nitrogen and oxygen atoms in total. The maximum Gasteiger partial charge on any atom is 0.340 e. The number of aromatic nitrogens is 3. The Morgan fingerprint density at radius 3 is 2.65 bits per heavy atom. The van der Waals surface area contributed by atoms with Gasteiger partial charge >= 0.3 is 5.97 Å². The second-order valence-electron chi connectivity index (χ2n) is 5.22. The summed E-state index contributed by atoms with van der Waals surface area (Å²) in [6.07, 6.45) is 6.39. The summed E-state index contributed by atoms with van der Waals surface area (Å²) in [6, 6.07) is 1.77. The molecular weight excluding hydrogens is 254 g/mol. The molecule has 0 bridgehead atoms. The number of imidazole rings is 1. The molecule has 1 atom stereocenters. The summed E-state index contributed by atoms with van der Waals surface area (Å²) in [4.78, 5) is 20.5. The molecule has 106 valence electrons. The lowest BCUT2D eigenvalue weighted by Gasteiger charge is -2.21. The minimum Gasteiger partial charge on any atom is -0.450 e. The van der Waals surface area contributed by atoms with Crippen LogP contribution < -0.4 is 0 Å². The third-order valence-corrected chi connectivity index (χ3v) is 3.06. The molecular formula is C15H19N3O2. The molecule has 2 rings (SSSR count). The van der Waals surface area contributed by atoms with Crippen LogP contribution in [0.5, 0.6) is 0 Å². The predicted octanol–water partition coefficient (Wildman–Crippen LogP) is 2.68.